The Morgan fingerprint density at radius 3 is 2.83 bits per heavy atom. The minimum atomic E-state index is -0.408. The van der Waals surface area contributed by atoms with Crippen molar-refractivity contribution >= 4 is 5.91 Å². The molecule has 0 aliphatic carbocycles. The zero-order chi connectivity index (χ0) is 9.14. The normalized spacial score (nSPS) is 10.2. The van der Waals surface area contributed by atoms with E-state index in [1.807, 2.05) is 0 Å². The van der Waals surface area contributed by atoms with Crippen LogP contribution in [-0.2, 0) is 6.54 Å². The van der Waals surface area contributed by atoms with Gasteiger partial charge in [0.05, 0.1) is 11.3 Å². The number of rotatable bonds is 3. The lowest BCUT2D eigenvalue weighted by atomic mass is 10.2. The largest absolute Gasteiger partial charge is 0.365 e. The molecule has 0 aliphatic rings. The Balaban J connectivity index is 2.92. The van der Waals surface area contributed by atoms with E-state index in [-0.39, 0.29) is 0 Å². The van der Waals surface area contributed by atoms with Gasteiger partial charge in [-0.1, -0.05) is 6.92 Å². The van der Waals surface area contributed by atoms with E-state index in [9.17, 15) is 4.79 Å². The van der Waals surface area contributed by atoms with Gasteiger partial charge in [-0.05, 0) is 13.3 Å². The molecule has 1 aromatic heterocycles. The van der Waals surface area contributed by atoms with Crippen LogP contribution >= 0.6 is 0 Å². The van der Waals surface area contributed by atoms with Gasteiger partial charge in [0.15, 0.2) is 0 Å². The first-order chi connectivity index (χ1) is 5.65. The second-order valence-corrected chi connectivity index (χ2v) is 2.76. The Kier molecular flexibility index (Phi) is 2.47. The van der Waals surface area contributed by atoms with Crippen LogP contribution in [0.1, 0.15) is 29.4 Å². The van der Waals surface area contributed by atoms with Crippen molar-refractivity contribution in [2.24, 2.45) is 5.73 Å². The van der Waals surface area contributed by atoms with Crippen LogP contribution in [0, 0.1) is 6.92 Å². The van der Waals surface area contributed by atoms with Crippen molar-refractivity contribution < 1.29 is 4.79 Å². The molecule has 1 amide bonds. The van der Waals surface area contributed by atoms with Crippen LogP contribution in [0.4, 0.5) is 0 Å². The third-order valence-corrected chi connectivity index (χ3v) is 1.66. The van der Waals surface area contributed by atoms with Crippen LogP contribution in [0.3, 0.4) is 0 Å². The summed E-state index contributed by atoms with van der Waals surface area (Å²) in [6, 6.07) is 0. The number of hydrogen-bond donors (Lipinski definition) is 1. The average molecular weight is 167 g/mol. The maximum absolute atomic E-state index is 10.8. The second-order valence-electron chi connectivity index (χ2n) is 2.76. The molecule has 0 bridgehead atoms. The van der Waals surface area contributed by atoms with Crippen molar-refractivity contribution in [3.63, 3.8) is 0 Å². The molecule has 4 nitrogen and oxygen atoms in total. The van der Waals surface area contributed by atoms with Crippen LogP contribution in [0.2, 0.25) is 0 Å². The number of aryl methyl sites for hydroxylation is 2. The molecule has 1 rings (SSSR count). The number of amides is 1. The minimum absolute atomic E-state index is 0.408. The van der Waals surface area contributed by atoms with Crippen LogP contribution in [0.25, 0.3) is 0 Å². The molecule has 0 saturated carbocycles. The molecular weight excluding hydrogens is 154 g/mol. The standard InChI is InChI=1S/C8H13N3O/c1-3-4-11-5-7(8(9)12)6(2)10-11/h5H,3-4H2,1-2H3,(H2,9,12). The number of carbonyl (C=O) groups excluding carboxylic acids is 1. The predicted octanol–water partition coefficient (Wildman–Crippen LogP) is 0.700. The van der Waals surface area contributed by atoms with Crippen LogP contribution in [-0.4, -0.2) is 15.7 Å². The van der Waals surface area contributed by atoms with E-state index in [2.05, 4.69) is 12.0 Å². The molecule has 0 aromatic carbocycles. The number of hydrogen-bond acceptors (Lipinski definition) is 2. The minimum Gasteiger partial charge on any atom is -0.365 e. The van der Waals surface area contributed by atoms with E-state index in [1.54, 1.807) is 17.8 Å². The molecule has 12 heavy (non-hydrogen) atoms. The fourth-order valence-electron chi connectivity index (χ4n) is 1.10. The Morgan fingerprint density at radius 1 is 1.75 bits per heavy atom. The van der Waals surface area contributed by atoms with Gasteiger partial charge in [-0.2, -0.15) is 5.10 Å². The first-order valence-corrected chi connectivity index (χ1v) is 3.99. The van der Waals surface area contributed by atoms with Gasteiger partial charge in [-0.25, -0.2) is 0 Å². The maximum atomic E-state index is 10.8. The summed E-state index contributed by atoms with van der Waals surface area (Å²) in [5, 5.41) is 4.14. The Labute approximate surface area is 71.4 Å². The van der Waals surface area contributed by atoms with Gasteiger partial charge in [-0.15, -0.1) is 0 Å². The lowest BCUT2D eigenvalue weighted by molar-refractivity contribution is 0.0999. The van der Waals surface area contributed by atoms with E-state index < -0.39 is 5.91 Å². The topological polar surface area (TPSA) is 60.9 Å². The van der Waals surface area contributed by atoms with Gasteiger partial charge in [0.2, 0.25) is 0 Å². The Hall–Kier alpha value is -1.32. The molecule has 0 unspecified atom stereocenters. The molecule has 0 radical (unpaired) electrons. The summed E-state index contributed by atoms with van der Waals surface area (Å²) in [4.78, 5) is 10.8. The number of primary amides is 1. The van der Waals surface area contributed by atoms with Crippen molar-refractivity contribution in [2.45, 2.75) is 26.8 Å². The Morgan fingerprint density at radius 2 is 2.42 bits per heavy atom. The molecule has 4 heteroatoms. The number of nitrogens with zero attached hydrogens (tertiary/aromatic N) is 2. The number of aromatic nitrogens is 2. The zero-order valence-corrected chi connectivity index (χ0v) is 7.37. The van der Waals surface area contributed by atoms with Crippen molar-refractivity contribution in [3.8, 4) is 0 Å². The number of carbonyl (C=O) groups is 1. The van der Waals surface area contributed by atoms with Crippen molar-refractivity contribution in [2.75, 3.05) is 0 Å². The summed E-state index contributed by atoms with van der Waals surface area (Å²) < 4.78 is 1.75. The first-order valence-electron chi connectivity index (χ1n) is 3.99. The molecule has 0 fully saturated rings. The highest BCUT2D eigenvalue weighted by atomic mass is 16.1. The van der Waals surface area contributed by atoms with E-state index in [0.717, 1.165) is 13.0 Å². The van der Waals surface area contributed by atoms with Crippen molar-refractivity contribution in [1.29, 1.82) is 0 Å². The lowest BCUT2D eigenvalue weighted by Crippen LogP contribution is -2.11. The number of nitrogens with two attached hydrogens (primary N) is 1. The SMILES string of the molecule is CCCn1cc(C(N)=O)c(C)n1. The summed E-state index contributed by atoms with van der Waals surface area (Å²) in [6.07, 6.45) is 2.69. The highest BCUT2D eigenvalue weighted by Gasteiger charge is 2.08. The van der Waals surface area contributed by atoms with Gasteiger partial charge in [0, 0.05) is 12.7 Å². The molecule has 0 saturated heterocycles. The molecule has 0 atom stereocenters. The molecule has 0 spiro atoms. The van der Waals surface area contributed by atoms with E-state index in [4.69, 9.17) is 5.73 Å². The quantitative estimate of drug-likeness (QED) is 0.720. The fourth-order valence-corrected chi connectivity index (χ4v) is 1.10. The van der Waals surface area contributed by atoms with Crippen LogP contribution < -0.4 is 5.73 Å². The maximum Gasteiger partial charge on any atom is 0.252 e. The smallest absolute Gasteiger partial charge is 0.252 e. The van der Waals surface area contributed by atoms with E-state index in [1.165, 1.54) is 0 Å². The van der Waals surface area contributed by atoms with Crippen molar-refractivity contribution in [1.82, 2.24) is 9.78 Å². The van der Waals surface area contributed by atoms with Gasteiger partial charge >= 0.3 is 0 Å². The highest BCUT2D eigenvalue weighted by molar-refractivity contribution is 5.93. The van der Waals surface area contributed by atoms with E-state index in [0.29, 0.717) is 11.3 Å². The molecule has 1 aromatic rings. The second kappa shape index (κ2) is 3.38. The predicted molar refractivity (Wildman–Crippen MR) is 45.8 cm³/mol. The van der Waals surface area contributed by atoms with Crippen LogP contribution in [0.5, 0.6) is 0 Å². The summed E-state index contributed by atoms with van der Waals surface area (Å²) in [5.41, 5.74) is 6.35. The zero-order valence-electron chi connectivity index (χ0n) is 7.37. The van der Waals surface area contributed by atoms with Gasteiger partial charge in [-0.3, -0.25) is 9.48 Å². The first kappa shape index (κ1) is 8.77. The Bertz CT molecular complexity index is 290. The third-order valence-electron chi connectivity index (χ3n) is 1.66. The summed E-state index contributed by atoms with van der Waals surface area (Å²) >= 11 is 0. The van der Waals surface area contributed by atoms with Crippen molar-refractivity contribution in [3.05, 3.63) is 17.5 Å². The van der Waals surface area contributed by atoms with Gasteiger partial charge in [0.1, 0.15) is 0 Å². The fraction of sp³-hybridized carbons (Fsp3) is 0.500. The molecule has 2 N–H and O–H groups in total. The summed E-state index contributed by atoms with van der Waals surface area (Å²) in [5.74, 6) is -0.408. The highest BCUT2D eigenvalue weighted by Crippen LogP contribution is 2.04. The van der Waals surface area contributed by atoms with Gasteiger partial charge in [0.25, 0.3) is 5.91 Å². The summed E-state index contributed by atoms with van der Waals surface area (Å²) in [7, 11) is 0. The molecular formula is C8H13N3O. The summed E-state index contributed by atoms with van der Waals surface area (Å²) in [6.45, 7) is 4.67. The molecule has 0 aliphatic heterocycles. The average Bonchev–Trinajstić information content (AvgIpc) is 2.32. The van der Waals surface area contributed by atoms with Gasteiger partial charge < -0.3 is 5.73 Å². The molecule has 66 valence electrons. The molecule has 1 heterocycles. The monoisotopic (exact) mass is 167 g/mol. The van der Waals surface area contributed by atoms with Crippen LogP contribution in [0.15, 0.2) is 6.20 Å². The third kappa shape index (κ3) is 1.64. The van der Waals surface area contributed by atoms with E-state index >= 15 is 0 Å². The lowest BCUT2D eigenvalue weighted by Gasteiger charge is -1.93.